The molecule has 3 aromatic rings. The summed E-state index contributed by atoms with van der Waals surface area (Å²) in [4.78, 5) is 22.7. The van der Waals surface area contributed by atoms with Crippen molar-refractivity contribution in [3.63, 3.8) is 0 Å². The number of rotatable bonds is 3. The van der Waals surface area contributed by atoms with E-state index in [2.05, 4.69) is 20.1 Å². The number of pyridine rings is 1. The molecule has 2 aliphatic rings. The highest BCUT2D eigenvalue weighted by atomic mass is 16.3. The lowest BCUT2D eigenvalue weighted by atomic mass is 10.0. The van der Waals surface area contributed by atoms with Gasteiger partial charge in [-0.2, -0.15) is 5.10 Å². The summed E-state index contributed by atoms with van der Waals surface area (Å²) in [5.41, 5.74) is 2.77. The second kappa shape index (κ2) is 8.67. The second-order valence-corrected chi connectivity index (χ2v) is 8.71. The van der Waals surface area contributed by atoms with Crippen molar-refractivity contribution < 1.29 is 9.90 Å². The molecule has 7 nitrogen and oxygen atoms in total. The number of nitrogens with one attached hydrogen (secondary N) is 1. The molecule has 3 heterocycles. The Morgan fingerprint density at radius 1 is 1.00 bits per heavy atom. The lowest BCUT2D eigenvalue weighted by Crippen LogP contribution is -2.51. The van der Waals surface area contributed by atoms with Crippen molar-refractivity contribution >= 4 is 16.9 Å². The Kier molecular flexibility index (Phi) is 5.59. The van der Waals surface area contributed by atoms with Crippen molar-refractivity contribution in [3.05, 3.63) is 42.1 Å². The summed E-state index contributed by atoms with van der Waals surface area (Å²) < 4.78 is 0. The average Bonchev–Trinajstić information content (AvgIpc) is 3.11. The maximum Gasteiger partial charge on any atom is 0.254 e. The van der Waals surface area contributed by atoms with E-state index in [1.54, 1.807) is 30.5 Å². The van der Waals surface area contributed by atoms with Crippen LogP contribution in [0.25, 0.3) is 22.3 Å². The van der Waals surface area contributed by atoms with Gasteiger partial charge < -0.3 is 10.0 Å². The van der Waals surface area contributed by atoms with Crippen molar-refractivity contribution in [3.8, 4) is 17.0 Å². The number of phenols is 1. The topological polar surface area (TPSA) is 85.3 Å². The van der Waals surface area contributed by atoms with Crippen LogP contribution in [0, 0.1) is 0 Å². The van der Waals surface area contributed by atoms with Crippen LogP contribution in [0.1, 0.15) is 48.9 Å². The molecule has 1 amide bonds. The molecule has 0 atom stereocenters. The molecular weight excluding hydrogens is 390 g/mol. The molecule has 2 N–H and O–H groups in total. The molecule has 1 aromatic carbocycles. The SMILES string of the molecule is O=C(c1cc(-c2ccc(O)cc2)nc2[nH]ncc12)N1CCN(C2CCCCCC2)CC1. The van der Waals surface area contributed by atoms with E-state index in [1.165, 1.54) is 38.5 Å². The summed E-state index contributed by atoms with van der Waals surface area (Å²) in [7, 11) is 0. The number of benzene rings is 1. The quantitative estimate of drug-likeness (QED) is 0.631. The molecule has 1 aliphatic carbocycles. The zero-order valence-electron chi connectivity index (χ0n) is 17.8. The minimum atomic E-state index is 0.0364. The number of hydrogen-bond donors (Lipinski definition) is 2. The van der Waals surface area contributed by atoms with Crippen LogP contribution < -0.4 is 0 Å². The molecule has 0 radical (unpaired) electrons. The monoisotopic (exact) mass is 419 g/mol. The Hall–Kier alpha value is -2.93. The van der Waals surface area contributed by atoms with E-state index in [9.17, 15) is 9.90 Å². The summed E-state index contributed by atoms with van der Waals surface area (Å²) in [6.45, 7) is 3.40. The van der Waals surface area contributed by atoms with E-state index >= 15 is 0 Å². The van der Waals surface area contributed by atoms with E-state index in [-0.39, 0.29) is 11.7 Å². The molecule has 1 saturated carbocycles. The zero-order chi connectivity index (χ0) is 21.2. The van der Waals surface area contributed by atoms with Crippen molar-refractivity contribution in [1.29, 1.82) is 0 Å². The maximum atomic E-state index is 13.5. The molecule has 1 saturated heterocycles. The minimum absolute atomic E-state index is 0.0364. The number of aromatic hydroxyl groups is 1. The van der Waals surface area contributed by atoms with Crippen LogP contribution in [-0.2, 0) is 0 Å². The number of carbonyl (C=O) groups excluding carboxylic acids is 1. The minimum Gasteiger partial charge on any atom is -0.508 e. The predicted octanol–water partition coefficient (Wildman–Crippen LogP) is 3.81. The second-order valence-electron chi connectivity index (χ2n) is 8.71. The van der Waals surface area contributed by atoms with Crippen molar-refractivity contribution in [2.24, 2.45) is 0 Å². The Labute approximate surface area is 182 Å². The van der Waals surface area contributed by atoms with Crippen LogP contribution in [0.15, 0.2) is 36.5 Å². The number of phenolic OH excluding ortho intramolecular Hbond substituents is 1. The first-order chi connectivity index (χ1) is 15.2. The summed E-state index contributed by atoms with van der Waals surface area (Å²) in [5, 5.41) is 17.4. The van der Waals surface area contributed by atoms with Crippen LogP contribution in [0.2, 0.25) is 0 Å². The molecule has 2 aromatic heterocycles. The van der Waals surface area contributed by atoms with Crippen molar-refractivity contribution in [2.45, 2.75) is 44.6 Å². The molecule has 31 heavy (non-hydrogen) atoms. The largest absolute Gasteiger partial charge is 0.508 e. The Morgan fingerprint density at radius 3 is 2.42 bits per heavy atom. The number of fused-ring (bicyclic) bond motifs is 1. The maximum absolute atomic E-state index is 13.5. The van der Waals surface area contributed by atoms with Gasteiger partial charge in [0, 0.05) is 37.8 Å². The van der Waals surface area contributed by atoms with E-state index < -0.39 is 0 Å². The van der Waals surface area contributed by atoms with Gasteiger partial charge in [-0.1, -0.05) is 25.7 Å². The van der Waals surface area contributed by atoms with Crippen LogP contribution in [0.4, 0.5) is 0 Å². The van der Waals surface area contributed by atoms with Gasteiger partial charge in [0.1, 0.15) is 5.75 Å². The Morgan fingerprint density at radius 2 is 1.71 bits per heavy atom. The molecule has 162 valence electrons. The summed E-state index contributed by atoms with van der Waals surface area (Å²) in [6.07, 6.45) is 9.66. The van der Waals surface area contributed by atoms with Crippen LogP contribution >= 0.6 is 0 Å². The van der Waals surface area contributed by atoms with Gasteiger partial charge in [-0.25, -0.2) is 4.98 Å². The van der Waals surface area contributed by atoms with E-state index in [0.717, 1.165) is 37.1 Å². The average molecular weight is 420 g/mol. The zero-order valence-corrected chi connectivity index (χ0v) is 17.8. The molecule has 0 spiro atoms. The third kappa shape index (κ3) is 4.14. The molecule has 7 heteroatoms. The number of nitrogens with zero attached hydrogens (tertiary/aromatic N) is 4. The highest BCUT2D eigenvalue weighted by Crippen LogP contribution is 2.27. The number of piperazine rings is 1. The highest BCUT2D eigenvalue weighted by molar-refractivity contribution is 6.06. The third-order valence-corrected chi connectivity index (χ3v) is 6.76. The van der Waals surface area contributed by atoms with E-state index in [1.807, 2.05) is 11.0 Å². The fraction of sp³-hybridized carbons (Fsp3) is 0.458. The van der Waals surface area contributed by atoms with E-state index in [4.69, 9.17) is 0 Å². The molecule has 5 rings (SSSR count). The first-order valence-corrected chi connectivity index (χ1v) is 11.4. The van der Waals surface area contributed by atoms with Gasteiger partial charge >= 0.3 is 0 Å². The summed E-state index contributed by atoms with van der Waals surface area (Å²) in [6, 6.07) is 9.40. The van der Waals surface area contributed by atoms with Crippen LogP contribution in [0.5, 0.6) is 5.75 Å². The highest BCUT2D eigenvalue weighted by Gasteiger charge is 2.28. The molecule has 2 fully saturated rings. The van der Waals surface area contributed by atoms with Crippen LogP contribution in [0.3, 0.4) is 0 Å². The Bertz CT molecular complexity index is 1050. The lowest BCUT2D eigenvalue weighted by molar-refractivity contribution is 0.0553. The fourth-order valence-corrected chi connectivity index (χ4v) is 4.97. The molecule has 0 unspecified atom stereocenters. The number of aromatic nitrogens is 3. The predicted molar refractivity (Wildman–Crippen MR) is 120 cm³/mol. The van der Waals surface area contributed by atoms with Gasteiger partial charge in [0.2, 0.25) is 0 Å². The first kappa shape index (κ1) is 20.0. The number of amides is 1. The van der Waals surface area contributed by atoms with E-state index in [0.29, 0.717) is 22.9 Å². The van der Waals surface area contributed by atoms with Gasteiger partial charge in [0.25, 0.3) is 5.91 Å². The summed E-state index contributed by atoms with van der Waals surface area (Å²) >= 11 is 0. The lowest BCUT2D eigenvalue weighted by Gasteiger charge is -2.39. The number of H-pyrrole nitrogens is 1. The number of hydrogen-bond acceptors (Lipinski definition) is 5. The van der Waals surface area contributed by atoms with Crippen molar-refractivity contribution in [2.75, 3.05) is 26.2 Å². The Balaban J connectivity index is 1.36. The number of aromatic amines is 1. The van der Waals surface area contributed by atoms with Gasteiger partial charge in [-0.3, -0.25) is 14.8 Å². The number of carbonyl (C=O) groups is 1. The molecular formula is C24H29N5O2. The fourth-order valence-electron chi connectivity index (χ4n) is 4.97. The molecule has 1 aliphatic heterocycles. The van der Waals surface area contributed by atoms with Gasteiger partial charge in [0.15, 0.2) is 5.65 Å². The van der Waals surface area contributed by atoms with Gasteiger partial charge in [-0.05, 0) is 43.2 Å². The smallest absolute Gasteiger partial charge is 0.254 e. The standard InChI is InChI=1S/C24H29N5O2/c30-19-9-7-17(8-10-19)22-15-20(21-16-25-27-23(21)26-22)24(31)29-13-11-28(12-14-29)18-5-3-1-2-4-6-18/h7-10,15-16,18,30H,1-6,11-14H2,(H,25,26,27). The normalized spacial score (nSPS) is 18.9. The van der Waals surface area contributed by atoms with Crippen LogP contribution in [-0.4, -0.2) is 68.2 Å². The third-order valence-electron chi connectivity index (χ3n) is 6.76. The van der Waals surface area contributed by atoms with Gasteiger partial charge in [-0.15, -0.1) is 0 Å². The first-order valence-electron chi connectivity index (χ1n) is 11.4. The van der Waals surface area contributed by atoms with Gasteiger partial charge in [0.05, 0.1) is 22.8 Å². The summed E-state index contributed by atoms with van der Waals surface area (Å²) in [5.74, 6) is 0.239. The molecule has 0 bridgehead atoms. The van der Waals surface area contributed by atoms with Crippen molar-refractivity contribution in [1.82, 2.24) is 25.0 Å².